The van der Waals surface area contributed by atoms with Gasteiger partial charge in [0, 0.05) is 23.0 Å². The largest absolute Gasteiger partial charge is 0.451 e. The van der Waals surface area contributed by atoms with E-state index in [0.29, 0.717) is 5.75 Å². The Labute approximate surface area is 169 Å². The molecule has 0 fully saturated rings. The smallest absolute Gasteiger partial charge is 0.348 e. The number of non-ortho nitro benzene ring substituents is 1. The zero-order valence-corrected chi connectivity index (χ0v) is 15.4. The second-order valence-corrected chi connectivity index (χ2v) is 6.26. The molecule has 1 aromatic heterocycles. The Morgan fingerprint density at radius 2 is 1.53 bits per heavy atom. The van der Waals surface area contributed by atoms with Crippen molar-refractivity contribution in [1.82, 2.24) is 4.98 Å². The predicted octanol–water partition coefficient (Wildman–Crippen LogP) is 4.45. The van der Waals surface area contributed by atoms with Crippen molar-refractivity contribution in [2.75, 3.05) is 0 Å². The van der Waals surface area contributed by atoms with Gasteiger partial charge in [0.1, 0.15) is 17.1 Å². The van der Waals surface area contributed by atoms with Gasteiger partial charge in [-0.25, -0.2) is 4.79 Å². The number of carbonyl (C=O) groups excluding carboxylic acids is 1. The van der Waals surface area contributed by atoms with Crippen LogP contribution in [0.3, 0.4) is 0 Å². The number of nitrogens with zero attached hydrogens (tertiary/aromatic N) is 1. The third-order valence-electron chi connectivity index (χ3n) is 4.29. The van der Waals surface area contributed by atoms with Crippen LogP contribution in [0.5, 0.6) is 17.2 Å². The van der Waals surface area contributed by atoms with E-state index >= 15 is 0 Å². The number of nitrogens with one attached hydrogen (secondary N) is 1. The SMILES string of the molecule is O=C(Oc1ccccc1)c1c(Oc2ccccc2)c(=O)[nH]c2ccc([N+](=O)[O-])cc12. The van der Waals surface area contributed by atoms with Crippen molar-refractivity contribution in [3.8, 4) is 17.2 Å². The summed E-state index contributed by atoms with van der Waals surface area (Å²) in [5.41, 5.74) is -0.870. The molecule has 1 heterocycles. The topological polar surface area (TPSA) is 112 Å². The maximum absolute atomic E-state index is 13.0. The number of para-hydroxylation sites is 2. The van der Waals surface area contributed by atoms with Gasteiger partial charge in [0.05, 0.1) is 4.92 Å². The summed E-state index contributed by atoms with van der Waals surface area (Å²) < 4.78 is 11.1. The monoisotopic (exact) mass is 402 g/mol. The van der Waals surface area contributed by atoms with Gasteiger partial charge in [-0.1, -0.05) is 36.4 Å². The zero-order chi connectivity index (χ0) is 21.1. The summed E-state index contributed by atoms with van der Waals surface area (Å²) in [5.74, 6) is -0.604. The van der Waals surface area contributed by atoms with Crippen molar-refractivity contribution in [1.29, 1.82) is 0 Å². The van der Waals surface area contributed by atoms with Gasteiger partial charge in [0.25, 0.3) is 11.2 Å². The van der Waals surface area contributed by atoms with Crippen LogP contribution < -0.4 is 15.0 Å². The van der Waals surface area contributed by atoms with E-state index in [0.717, 1.165) is 0 Å². The summed E-state index contributed by atoms with van der Waals surface area (Å²) >= 11 is 0. The average Bonchev–Trinajstić information content (AvgIpc) is 2.75. The molecule has 0 spiro atoms. The number of aromatic amines is 1. The number of hydrogen-bond donors (Lipinski definition) is 1. The quantitative estimate of drug-likeness (QED) is 0.228. The first-order chi connectivity index (χ1) is 14.5. The van der Waals surface area contributed by atoms with Crippen LogP contribution in [0.2, 0.25) is 0 Å². The minimum Gasteiger partial charge on any atom is -0.451 e. The van der Waals surface area contributed by atoms with E-state index < -0.39 is 16.5 Å². The van der Waals surface area contributed by atoms with Crippen LogP contribution in [0.1, 0.15) is 10.4 Å². The van der Waals surface area contributed by atoms with Crippen LogP contribution in [-0.4, -0.2) is 15.9 Å². The normalized spacial score (nSPS) is 10.5. The Bertz CT molecular complexity index is 1300. The second kappa shape index (κ2) is 7.88. The minimum atomic E-state index is -0.872. The molecule has 0 radical (unpaired) electrons. The summed E-state index contributed by atoms with van der Waals surface area (Å²) in [4.78, 5) is 39.0. The minimum absolute atomic E-state index is 0.135. The van der Waals surface area contributed by atoms with E-state index in [1.165, 1.54) is 18.2 Å². The van der Waals surface area contributed by atoms with Crippen molar-refractivity contribution < 1.29 is 19.2 Å². The fourth-order valence-corrected chi connectivity index (χ4v) is 2.93. The predicted molar refractivity (Wildman–Crippen MR) is 109 cm³/mol. The number of hydrogen-bond acceptors (Lipinski definition) is 6. The van der Waals surface area contributed by atoms with E-state index in [2.05, 4.69) is 4.98 Å². The summed E-state index contributed by atoms with van der Waals surface area (Å²) in [6, 6.07) is 20.5. The van der Waals surface area contributed by atoms with E-state index in [-0.39, 0.29) is 33.7 Å². The molecule has 8 nitrogen and oxygen atoms in total. The number of nitro benzene ring substituents is 1. The lowest BCUT2D eigenvalue weighted by Crippen LogP contribution is -2.18. The van der Waals surface area contributed by atoms with E-state index in [1.807, 2.05) is 0 Å². The molecule has 3 aromatic carbocycles. The van der Waals surface area contributed by atoms with Gasteiger partial charge in [-0.3, -0.25) is 14.9 Å². The number of carbonyl (C=O) groups is 1. The third-order valence-corrected chi connectivity index (χ3v) is 4.29. The first-order valence-electron chi connectivity index (χ1n) is 8.87. The van der Waals surface area contributed by atoms with Gasteiger partial charge in [-0.05, 0) is 30.3 Å². The summed E-state index contributed by atoms with van der Waals surface area (Å²) in [5, 5.41) is 11.4. The Morgan fingerprint density at radius 1 is 0.900 bits per heavy atom. The molecule has 0 saturated heterocycles. The molecule has 4 aromatic rings. The number of ether oxygens (including phenoxy) is 2. The Hall–Kier alpha value is -4.46. The molecule has 30 heavy (non-hydrogen) atoms. The van der Waals surface area contributed by atoms with Crippen LogP contribution in [0, 0.1) is 10.1 Å². The summed E-state index contributed by atoms with van der Waals surface area (Å²) in [6.07, 6.45) is 0. The van der Waals surface area contributed by atoms with Crippen molar-refractivity contribution in [2.45, 2.75) is 0 Å². The summed E-state index contributed by atoms with van der Waals surface area (Å²) in [6.45, 7) is 0. The molecule has 148 valence electrons. The number of fused-ring (bicyclic) bond motifs is 1. The maximum atomic E-state index is 13.0. The first kappa shape index (κ1) is 18.9. The lowest BCUT2D eigenvalue weighted by Gasteiger charge is -2.13. The van der Waals surface area contributed by atoms with Crippen LogP contribution in [0.15, 0.2) is 83.7 Å². The molecule has 0 aliphatic heterocycles. The second-order valence-electron chi connectivity index (χ2n) is 6.26. The number of rotatable bonds is 5. The molecular weight excluding hydrogens is 388 g/mol. The van der Waals surface area contributed by atoms with Gasteiger partial charge in [-0.2, -0.15) is 0 Å². The highest BCUT2D eigenvalue weighted by molar-refractivity contribution is 6.07. The fourth-order valence-electron chi connectivity index (χ4n) is 2.93. The van der Waals surface area contributed by atoms with Crippen LogP contribution in [-0.2, 0) is 0 Å². The molecule has 0 unspecified atom stereocenters. The molecule has 0 aliphatic rings. The summed E-state index contributed by atoms with van der Waals surface area (Å²) in [7, 11) is 0. The third kappa shape index (κ3) is 3.74. The maximum Gasteiger partial charge on any atom is 0.348 e. The lowest BCUT2D eigenvalue weighted by atomic mass is 10.1. The Balaban J connectivity index is 1.92. The van der Waals surface area contributed by atoms with Crippen molar-refractivity contribution >= 4 is 22.6 Å². The van der Waals surface area contributed by atoms with E-state index in [4.69, 9.17) is 9.47 Å². The van der Waals surface area contributed by atoms with Crippen molar-refractivity contribution in [2.24, 2.45) is 0 Å². The van der Waals surface area contributed by atoms with E-state index in [9.17, 15) is 19.7 Å². The fraction of sp³-hybridized carbons (Fsp3) is 0. The number of benzene rings is 3. The molecule has 8 heteroatoms. The molecule has 0 aliphatic carbocycles. The average molecular weight is 402 g/mol. The van der Waals surface area contributed by atoms with Gasteiger partial charge >= 0.3 is 5.97 Å². The molecule has 0 atom stereocenters. The van der Waals surface area contributed by atoms with Crippen LogP contribution in [0.25, 0.3) is 10.9 Å². The number of H-pyrrole nitrogens is 1. The van der Waals surface area contributed by atoms with Gasteiger partial charge < -0.3 is 14.5 Å². The molecule has 0 saturated carbocycles. The van der Waals surface area contributed by atoms with Crippen LogP contribution >= 0.6 is 0 Å². The van der Waals surface area contributed by atoms with Crippen LogP contribution in [0.4, 0.5) is 5.69 Å². The Morgan fingerprint density at radius 3 is 2.17 bits per heavy atom. The Kier molecular flexibility index (Phi) is 4.96. The highest BCUT2D eigenvalue weighted by Crippen LogP contribution is 2.30. The van der Waals surface area contributed by atoms with E-state index in [1.54, 1.807) is 60.7 Å². The molecule has 1 N–H and O–H groups in total. The van der Waals surface area contributed by atoms with Gasteiger partial charge in [0.15, 0.2) is 0 Å². The van der Waals surface area contributed by atoms with Gasteiger partial charge in [0.2, 0.25) is 5.75 Å². The zero-order valence-electron chi connectivity index (χ0n) is 15.4. The highest BCUT2D eigenvalue weighted by Gasteiger charge is 2.25. The number of esters is 1. The molecular formula is C22H14N2O6. The molecule has 0 bridgehead atoms. The van der Waals surface area contributed by atoms with Crippen molar-refractivity contribution in [3.05, 3.63) is 105 Å². The van der Waals surface area contributed by atoms with Crippen molar-refractivity contribution in [3.63, 3.8) is 0 Å². The first-order valence-corrected chi connectivity index (χ1v) is 8.87. The molecule has 0 amide bonds. The highest BCUT2D eigenvalue weighted by atomic mass is 16.6. The lowest BCUT2D eigenvalue weighted by molar-refractivity contribution is -0.384. The number of aromatic nitrogens is 1. The molecule has 4 rings (SSSR count). The van der Waals surface area contributed by atoms with Gasteiger partial charge in [-0.15, -0.1) is 0 Å². The standard InChI is InChI=1S/C22H14N2O6/c25-21-20(29-15-7-3-1-4-8-15)19(22(26)30-16-9-5-2-6-10-16)17-13-14(24(27)28)11-12-18(17)23-21/h1-13H,(H,23,25). The number of nitro groups is 1. The number of pyridine rings is 1.